The number of hydroxylamine groups is 2. The Morgan fingerprint density at radius 1 is 0.822 bits per heavy atom. The monoisotopic (exact) mass is 634 g/mol. The van der Waals surface area contributed by atoms with Crippen LogP contribution in [0.2, 0.25) is 0 Å². The Morgan fingerprint density at radius 2 is 1.47 bits per heavy atom. The highest BCUT2D eigenvalue weighted by molar-refractivity contribution is 8.00. The minimum absolute atomic E-state index is 0.217. The van der Waals surface area contributed by atoms with Crippen LogP contribution in [0.25, 0.3) is 0 Å². The van der Waals surface area contributed by atoms with Gasteiger partial charge in [-0.15, -0.1) is 0 Å². The maximum absolute atomic E-state index is 13.8. The highest BCUT2D eigenvalue weighted by atomic mass is 32.2. The lowest BCUT2D eigenvalue weighted by molar-refractivity contribution is 0.130. The molecule has 2 heterocycles. The Balaban J connectivity index is 1.08. The molecule has 0 bridgehead atoms. The van der Waals surface area contributed by atoms with E-state index in [4.69, 9.17) is 18.9 Å². The number of benzene rings is 3. The zero-order valence-corrected chi connectivity index (χ0v) is 28.2. The summed E-state index contributed by atoms with van der Waals surface area (Å²) in [6, 6.07) is 20.2. The van der Waals surface area contributed by atoms with Crippen molar-refractivity contribution in [3.63, 3.8) is 0 Å². The molecule has 0 saturated carbocycles. The van der Waals surface area contributed by atoms with Gasteiger partial charge in [-0.25, -0.2) is 0 Å². The van der Waals surface area contributed by atoms with Crippen LogP contribution in [0.15, 0.2) is 65.6 Å². The van der Waals surface area contributed by atoms with Gasteiger partial charge in [-0.1, -0.05) is 55.1 Å². The van der Waals surface area contributed by atoms with E-state index in [1.165, 1.54) is 15.5 Å². The van der Waals surface area contributed by atoms with Gasteiger partial charge in [0.05, 0.1) is 32.8 Å². The average molecular weight is 635 g/mol. The molecule has 3 aromatic carbocycles. The second-order valence-electron chi connectivity index (χ2n) is 11.8. The Kier molecular flexibility index (Phi) is 11.6. The second kappa shape index (κ2) is 15.6. The molecule has 1 saturated heterocycles. The summed E-state index contributed by atoms with van der Waals surface area (Å²) in [5, 5.41) is 15.1. The van der Waals surface area contributed by atoms with Crippen molar-refractivity contribution < 1.29 is 18.9 Å². The molecule has 2 aliphatic rings. The van der Waals surface area contributed by atoms with Gasteiger partial charge in [0.1, 0.15) is 5.75 Å². The minimum atomic E-state index is -0.713. The SMILES string of the molecule is CCC1(c2ccccc2OCCCCN2CCN(CCc3cc(OC)c(OC)c(OC)c3)CC2)Sc2ccccc2C(C)N1[O-]. The summed E-state index contributed by atoms with van der Waals surface area (Å²) in [6.07, 6.45) is 3.68. The van der Waals surface area contributed by atoms with Crippen molar-refractivity contribution in [2.75, 3.05) is 67.2 Å². The smallest absolute Gasteiger partial charge is 0.203 e. The zero-order chi connectivity index (χ0) is 31.8. The molecule has 2 aliphatic heterocycles. The third kappa shape index (κ3) is 7.39. The van der Waals surface area contributed by atoms with E-state index in [1.54, 1.807) is 33.1 Å². The van der Waals surface area contributed by atoms with E-state index in [9.17, 15) is 5.21 Å². The topological polar surface area (TPSA) is 69.7 Å². The van der Waals surface area contributed by atoms with Crippen LogP contribution in [0.1, 0.15) is 55.8 Å². The number of hydrogen-bond acceptors (Lipinski definition) is 9. The molecule has 8 nitrogen and oxygen atoms in total. The predicted octanol–water partition coefficient (Wildman–Crippen LogP) is 6.96. The van der Waals surface area contributed by atoms with Gasteiger partial charge in [0.25, 0.3) is 0 Å². The van der Waals surface area contributed by atoms with E-state index >= 15 is 0 Å². The third-order valence-corrected chi connectivity index (χ3v) is 10.8. The van der Waals surface area contributed by atoms with Crippen LogP contribution in [0.4, 0.5) is 0 Å². The summed E-state index contributed by atoms with van der Waals surface area (Å²) in [7, 11) is 4.95. The largest absolute Gasteiger partial charge is 0.784 e. The second-order valence-corrected chi connectivity index (χ2v) is 13.1. The van der Waals surface area contributed by atoms with Gasteiger partial charge in [-0.05, 0) is 74.5 Å². The quantitative estimate of drug-likeness (QED) is 0.175. The molecule has 5 rings (SSSR count). The van der Waals surface area contributed by atoms with Gasteiger partial charge in [-0.3, -0.25) is 0 Å². The van der Waals surface area contributed by atoms with Gasteiger partial charge < -0.3 is 39.0 Å². The molecule has 0 radical (unpaired) electrons. The van der Waals surface area contributed by atoms with Crippen LogP contribution < -0.4 is 18.9 Å². The fourth-order valence-electron chi connectivity index (χ4n) is 6.52. The molecule has 9 heteroatoms. The van der Waals surface area contributed by atoms with Crippen LogP contribution in [0.5, 0.6) is 23.0 Å². The fourth-order valence-corrected chi connectivity index (χ4v) is 8.05. The summed E-state index contributed by atoms with van der Waals surface area (Å²) in [5.74, 6) is 2.86. The summed E-state index contributed by atoms with van der Waals surface area (Å²) in [6.45, 7) is 11.1. The lowest BCUT2D eigenvalue weighted by Gasteiger charge is -2.55. The number of nitrogens with zero attached hydrogens (tertiary/aromatic N) is 3. The van der Waals surface area contributed by atoms with Crippen LogP contribution in [-0.4, -0.2) is 82.1 Å². The first-order valence-corrected chi connectivity index (χ1v) is 17.0. The molecule has 0 aromatic heterocycles. The van der Waals surface area contributed by atoms with Crippen LogP contribution in [0, 0.1) is 5.21 Å². The van der Waals surface area contributed by atoms with Crippen molar-refractivity contribution in [2.24, 2.45) is 0 Å². The van der Waals surface area contributed by atoms with Crippen LogP contribution in [-0.2, 0) is 11.3 Å². The van der Waals surface area contributed by atoms with E-state index in [0.29, 0.717) is 30.3 Å². The average Bonchev–Trinajstić information content (AvgIpc) is 3.09. The fraction of sp³-hybridized carbons (Fsp3) is 0.500. The summed E-state index contributed by atoms with van der Waals surface area (Å²) in [4.78, 5) is 5.55. The molecule has 0 amide bonds. The number of rotatable bonds is 14. The van der Waals surface area contributed by atoms with E-state index in [2.05, 4.69) is 41.0 Å². The summed E-state index contributed by atoms with van der Waals surface area (Å²) < 4.78 is 22.9. The number of piperazine rings is 1. The lowest BCUT2D eigenvalue weighted by Crippen LogP contribution is -2.47. The highest BCUT2D eigenvalue weighted by Gasteiger charge is 2.42. The van der Waals surface area contributed by atoms with Crippen molar-refractivity contribution in [3.05, 3.63) is 82.6 Å². The molecular weight excluding hydrogens is 586 g/mol. The van der Waals surface area contributed by atoms with Crippen molar-refractivity contribution in [2.45, 2.75) is 55.3 Å². The van der Waals surface area contributed by atoms with E-state index in [1.807, 2.05) is 43.3 Å². The van der Waals surface area contributed by atoms with Crippen molar-refractivity contribution in [1.82, 2.24) is 14.9 Å². The number of fused-ring (bicyclic) bond motifs is 1. The molecular formula is C36H48N3O5S-. The first-order chi connectivity index (χ1) is 21.9. The molecule has 2 atom stereocenters. The summed E-state index contributed by atoms with van der Waals surface area (Å²) >= 11 is 1.66. The Hall–Kier alpha value is -2.95. The van der Waals surface area contributed by atoms with Crippen LogP contribution >= 0.6 is 11.8 Å². The molecule has 2 unspecified atom stereocenters. The highest BCUT2D eigenvalue weighted by Crippen LogP contribution is 2.56. The molecule has 0 N–H and O–H groups in total. The number of hydrogen-bond donors (Lipinski definition) is 0. The zero-order valence-electron chi connectivity index (χ0n) is 27.4. The van der Waals surface area contributed by atoms with Crippen molar-refractivity contribution in [3.8, 4) is 23.0 Å². The molecule has 3 aromatic rings. The van der Waals surface area contributed by atoms with Crippen molar-refractivity contribution in [1.29, 1.82) is 0 Å². The number of methoxy groups -OCH3 is 3. The minimum Gasteiger partial charge on any atom is -0.784 e. The van der Waals surface area contributed by atoms with Crippen molar-refractivity contribution >= 4 is 11.8 Å². The van der Waals surface area contributed by atoms with E-state index in [-0.39, 0.29) is 6.04 Å². The number of thioether (sulfide) groups is 1. The number of para-hydroxylation sites is 1. The van der Waals surface area contributed by atoms with Gasteiger partial charge >= 0.3 is 0 Å². The van der Waals surface area contributed by atoms with Gasteiger partial charge in [0.2, 0.25) is 5.75 Å². The maximum atomic E-state index is 13.8. The molecule has 45 heavy (non-hydrogen) atoms. The lowest BCUT2D eigenvalue weighted by atomic mass is 9.98. The van der Waals surface area contributed by atoms with E-state index in [0.717, 1.165) is 75.4 Å². The standard InChI is InChI=1S/C36H48N3O5S/c1-6-36(39(40)27(2)29-13-7-10-16-34(29)45-36)30-14-8-9-15-31(30)44-24-12-11-18-37-20-22-38(23-21-37)19-17-28-25-32(41-3)35(43-5)33(26-28)42-4/h7-10,13-16,25-27H,6,11-12,17-24H2,1-5H3/q-1. The molecule has 244 valence electrons. The van der Waals surface area contributed by atoms with E-state index < -0.39 is 4.87 Å². The normalized spacial score (nSPS) is 20.9. The van der Waals surface area contributed by atoms with Crippen LogP contribution in [0.3, 0.4) is 0 Å². The Labute approximate surface area is 273 Å². The first-order valence-electron chi connectivity index (χ1n) is 16.1. The van der Waals surface area contributed by atoms with Gasteiger partial charge in [-0.2, -0.15) is 0 Å². The Morgan fingerprint density at radius 3 is 2.13 bits per heavy atom. The molecule has 1 fully saturated rings. The summed E-state index contributed by atoms with van der Waals surface area (Å²) in [5.41, 5.74) is 3.25. The Bertz CT molecular complexity index is 1370. The number of ether oxygens (including phenoxy) is 4. The maximum Gasteiger partial charge on any atom is 0.203 e. The third-order valence-electron chi connectivity index (χ3n) is 9.18. The first kappa shape index (κ1) is 33.4. The number of unbranched alkanes of at least 4 members (excludes halogenated alkanes) is 1. The molecule has 0 aliphatic carbocycles. The molecule has 0 spiro atoms. The van der Waals surface area contributed by atoms with Gasteiger partial charge in [0, 0.05) is 49.2 Å². The predicted molar refractivity (Wildman–Crippen MR) is 182 cm³/mol. The van der Waals surface area contributed by atoms with Gasteiger partial charge in [0.15, 0.2) is 11.5 Å².